The number of H-pyrrole nitrogens is 1. The number of nitrogens with zero attached hydrogens (tertiary/aromatic N) is 1. The van der Waals surface area contributed by atoms with Crippen molar-refractivity contribution in [1.82, 2.24) is 9.97 Å². The Hall–Kier alpha value is -2.05. The molecule has 0 unspecified atom stereocenters. The van der Waals surface area contributed by atoms with Gasteiger partial charge in [-0.1, -0.05) is 0 Å². The Kier molecular flexibility index (Phi) is 4.20. The molecule has 0 radical (unpaired) electrons. The first-order valence-electron chi connectivity index (χ1n) is 6.02. The third kappa shape index (κ3) is 3.34. The van der Waals surface area contributed by atoms with Gasteiger partial charge in [0.1, 0.15) is 0 Å². The Balaban J connectivity index is 0.00000161. The summed E-state index contributed by atoms with van der Waals surface area (Å²) in [5.41, 5.74) is 3.55. The first-order chi connectivity index (χ1) is 9.53. The number of halogens is 1. The Labute approximate surface area is 128 Å². The largest absolute Gasteiger partial charge is 0.361 e. The van der Waals surface area contributed by atoms with Crippen molar-refractivity contribution in [3.05, 3.63) is 48.9 Å². The predicted molar refractivity (Wildman–Crippen MR) is 87.2 cm³/mol. The van der Waals surface area contributed by atoms with Gasteiger partial charge in [0.05, 0.1) is 6.26 Å². The van der Waals surface area contributed by atoms with Gasteiger partial charge in [0.25, 0.3) is 0 Å². The molecule has 2 heterocycles. The van der Waals surface area contributed by atoms with E-state index in [2.05, 4.69) is 14.7 Å². The molecule has 110 valence electrons. The van der Waals surface area contributed by atoms with Gasteiger partial charge in [-0.25, -0.2) is 8.42 Å². The van der Waals surface area contributed by atoms with Crippen molar-refractivity contribution in [3.8, 4) is 11.1 Å². The number of nitrogens with one attached hydrogen (secondary N) is 2. The van der Waals surface area contributed by atoms with Crippen LogP contribution in [0.3, 0.4) is 0 Å². The zero-order chi connectivity index (χ0) is 14.2. The van der Waals surface area contributed by atoms with Crippen LogP contribution >= 0.6 is 12.4 Å². The van der Waals surface area contributed by atoms with E-state index in [-0.39, 0.29) is 12.4 Å². The molecular formula is C14H14ClN3O2S. The molecule has 0 atom stereocenters. The highest BCUT2D eigenvalue weighted by atomic mass is 35.5. The van der Waals surface area contributed by atoms with E-state index in [1.54, 1.807) is 18.5 Å². The van der Waals surface area contributed by atoms with E-state index in [0.717, 1.165) is 28.3 Å². The third-order valence-electron chi connectivity index (χ3n) is 2.98. The number of aromatic amines is 1. The van der Waals surface area contributed by atoms with Crippen LogP contribution in [-0.4, -0.2) is 24.6 Å². The van der Waals surface area contributed by atoms with Crippen LogP contribution in [0.25, 0.3) is 22.0 Å². The number of fused-ring (bicyclic) bond motifs is 1. The third-order valence-corrected chi connectivity index (χ3v) is 3.58. The maximum absolute atomic E-state index is 11.3. The minimum absolute atomic E-state index is 0. The van der Waals surface area contributed by atoms with Crippen molar-refractivity contribution in [2.24, 2.45) is 0 Å². The van der Waals surface area contributed by atoms with Crippen molar-refractivity contribution < 1.29 is 8.42 Å². The van der Waals surface area contributed by atoms with Gasteiger partial charge in [0, 0.05) is 40.7 Å². The highest BCUT2D eigenvalue weighted by molar-refractivity contribution is 7.92. The minimum atomic E-state index is -3.28. The van der Waals surface area contributed by atoms with Gasteiger partial charge in [-0.2, -0.15) is 0 Å². The number of sulfonamides is 1. The second-order valence-corrected chi connectivity index (χ2v) is 6.32. The molecule has 2 N–H and O–H groups in total. The van der Waals surface area contributed by atoms with Crippen LogP contribution in [-0.2, 0) is 10.0 Å². The van der Waals surface area contributed by atoms with Gasteiger partial charge >= 0.3 is 0 Å². The second-order valence-electron chi connectivity index (χ2n) is 4.57. The Bertz CT molecular complexity index is 860. The molecule has 21 heavy (non-hydrogen) atoms. The van der Waals surface area contributed by atoms with E-state index < -0.39 is 10.0 Å². The van der Waals surface area contributed by atoms with Crippen molar-refractivity contribution in [3.63, 3.8) is 0 Å². The monoisotopic (exact) mass is 323 g/mol. The van der Waals surface area contributed by atoms with Crippen molar-refractivity contribution in [2.75, 3.05) is 11.0 Å². The standard InChI is InChI=1S/C14H13N3O2S.ClH/c1-20(18,19)17-11-2-3-14-12(8-11)13(9-16-14)10-4-6-15-7-5-10;/h2-9,16-17H,1H3;1H. The lowest BCUT2D eigenvalue weighted by molar-refractivity contribution is 0.607. The molecule has 0 fully saturated rings. The van der Waals surface area contributed by atoms with Gasteiger partial charge in [-0.15, -0.1) is 12.4 Å². The predicted octanol–water partition coefficient (Wildman–Crippen LogP) is 3.02. The van der Waals surface area contributed by atoms with E-state index in [4.69, 9.17) is 0 Å². The first-order valence-corrected chi connectivity index (χ1v) is 7.91. The molecule has 7 heteroatoms. The fourth-order valence-corrected chi connectivity index (χ4v) is 2.72. The minimum Gasteiger partial charge on any atom is -0.361 e. The molecule has 0 bridgehead atoms. The Morgan fingerprint density at radius 3 is 2.52 bits per heavy atom. The molecule has 0 saturated heterocycles. The zero-order valence-corrected chi connectivity index (χ0v) is 12.8. The molecule has 0 saturated carbocycles. The summed E-state index contributed by atoms with van der Waals surface area (Å²) < 4.78 is 25.1. The Morgan fingerprint density at radius 1 is 1.14 bits per heavy atom. The van der Waals surface area contributed by atoms with E-state index in [1.165, 1.54) is 0 Å². The smallest absolute Gasteiger partial charge is 0.229 e. The Morgan fingerprint density at radius 2 is 1.86 bits per heavy atom. The van der Waals surface area contributed by atoms with E-state index in [1.807, 2.05) is 30.5 Å². The number of rotatable bonds is 3. The maximum Gasteiger partial charge on any atom is 0.229 e. The van der Waals surface area contributed by atoms with Gasteiger partial charge in [0.15, 0.2) is 0 Å². The van der Waals surface area contributed by atoms with Gasteiger partial charge in [-0.05, 0) is 35.9 Å². The summed E-state index contributed by atoms with van der Waals surface area (Å²) in [5.74, 6) is 0. The van der Waals surface area contributed by atoms with Crippen LogP contribution in [0.15, 0.2) is 48.9 Å². The van der Waals surface area contributed by atoms with Gasteiger partial charge < -0.3 is 4.98 Å². The normalized spacial score (nSPS) is 11.1. The molecule has 0 spiro atoms. The summed E-state index contributed by atoms with van der Waals surface area (Å²) in [5, 5.41) is 0.963. The summed E-state index contributed by atoms with van der Waals surface area (Å²) in [7, 11) is -3.28. The van der Waals surface area contributed by atoms with Crippen molar-refractivity contribution in [2.45, 2.75) is 0 Å². The lowest BCUT2D eigenvalue weighted by Crippen LogP contribution is -2.09. The molecule has 2 aromatic heterocycles. The number of benzene rings is 1. The lowest BCUT2D eigenvalue weighted by Gasteiger charge is -2.05. The molecule has 3 aromatic rings. The quantitative estimate of drug-likeness (QED) is 0.778. The SMILES string of the molecule is CS(=O)(=O)Nc1ccc2[nH]cc(-c3ccncc3)c2c1.Cl. The number of pyridine rings is 1. The van der Waals surface area contributed by atoms with E-state index >= 15 is 0 Å². The highest BCUT2D eigenvalue weighted by Gasteiger charge is 2.08. The van der Waals surface area contributed by atoms with Gasteiger partial charge in [-0.3, -0.25) is 9.71 Å². The fourth-order valence-electron chi connectivity index (χ4n) is 2.17. The number of anilines is 1. The molecule has 3 rings (SSSR count). The zero-order valence-electron chi connectivity index (χ0n) is 11.2. The molecule has 0 aliphatic rings. The molecule has 0 aliphatic carbocycles. The summed E-state index contributed by atoms with van der Waals surface area (Å²) >= 11 is 0. The van der Waals surface area contributed by atoms with Crippen molar-refractivity contribution in [1.29, 1.82) is 0 Å². The van der Waals surface area contributed by atoms with E-state index in [9.17, 15) is 8.42 Å². The lowest BCUT2D eigenvalue weighted by atomic mass is 10.1. The van der Waals surface area contributed by atoms with Gasteiger partial charge in [0.2, 0.25) is 10.0 Å². The summed E-state index contributed by atoms with van der Waals surface area (Å²) in [4.78, 5) is 7.18. The average molecular weight is 324 g/mol. The van der Waals surface area contributed by atoms with Crippen LogP contribution in [0, 0.1) is 0 Å². The molecule has 1 aromatic carbocycles. The first kappa shape index (κ1) is 15.3. The highest BCUT2D eigenvalue weighted by Crippen LogP contribution is 2.30. The maximum atomic E-state index is 11.3. The van der Waals surface area contributed by atoms with E-state index in [0.29, 0.717) is 5.69 Å². The topological polar surface area (TPSA) is 74.8 Å². The van der Waals surface area contributed by atoms with Crippen LogP contribution in [0.2, 0.25) is 0 Å². The average Bonchev–Trinajstić information content (AvgIpc) is 2.81. The second kappa shape index (κ2) is 5.75. The molecule has 5 nitrogen and oxygen atoms in total. The summed E-state index contributed by atoms with van der Waals surface area (Å²) in [6, 6.07) is 9.24. The summed E-state index contributed by atoms with van der Waals surface area (Å²) in [6.45, 7) is 0. The summed E-state index contributed by atoms with van der Waals surface area (Å²) in [6.07, 6.45) is 6.50. The van der Waals surface area contributed by atoms with Crippen LogP contribution in [0.5, 0.6) is 0 Å². The number of hydrogen-bond donors (Lipinski definition) is 2. The molecule has 0 aliphatic heterocycles. The molecule has 0 amide bonds. The van der Waals surface area contributed by atoms with Crippen LogP contribution in [0.4, 0.5) is 5.69 Å². The number of aromatic nitrogens is 2. The van der Waals surface area contributed by atoms with Crippen LogP contribution < -0.4 is 4.72 Å². The van der Waals surface area contributed by atoms with Crippen molar-refractivity contribution >= 4 is 39.0 Å². The molecular weight excluding hydrogens is 310 g/mol. The number of hydrogen-bond acceptors (Lipinski definition) is 3. The van der Waals surface area contributed by atoms with Crippen LogP contribution in [0.1, 0.15) is 0 Å². The fraction of sp³-hybridized carbons (Fsp3) is 0.0714.